The molecule has 1 N–H and O–H groups in total. The van der Waals surface area contributed by atoms with Crippen molar-refractivity contribution >= 4 is 55.7 Å². The van der Waals surface area contributed by atoms with Crippen molar-refractivity contribution in [1.82, 2.24) is 9.99 Å². The van der Waals surface area contributed by atoms with E-state index in [-0.39, 0.29) is 5.91 Å². The van der Waals surface area contributed by atoms with Crippen LogP contribution in [0.2, 0.25) is 0 Å². The fraction of sp³-hybridized carbons (Fsp3) is 0.250. The van der Waals surface area contributed by atoms with Gasteiger partial charge in [-0.3, -0.25) is 4.79 Å². The summed E-state index contributed by atoms with van der Waals surface area (Å²) in [4.78, 5) is 12.2. The normalized spacial score (nSPS) is 11.3. The number of hydrogen-bond acceptors (Lipinski definition) is 3. The van der Waals surface area contributed by atoms with Gasteiger partial charge in [0, 0.05) is 37.3 Å². The minimum atomic E-state index is -0.115. The number of hydrogen-bond donors (Lipinski definition) is 1. The van der Waals surface area contributed by atoms with Gasteiger partial charge in [-0.05, 0) is 78.5 Å². The summed E-state index contributed by atoms with van der Waals surface area (Å²) in [5, 5.41) is 4.20. The second-order valence-electron chi connectivity index (χ2n) is 7.44. The molecule has 0 unspecified atom stereocenters. The third kappa shape index (κ3) is 5.90. The summed E-state index contributed by atoms with van der Waals surface area (Å²) in [6, 6.07) is 14.5. The van der Waals surface area contributed by atoms with Gasteiger partial charge in [0.2, 0.25) is 5.91 Å². The quantitative estimate of drug-likeness (QED) is 0.260. The van der Waals surface area contributed by atoms with Gasteiger partial charge >= 0.3 is 0 Å². The number of carbonyl (C=O) groups is 1. The maximum atomic E-state index is 12.2. The van der Waals surface area contributed by atoms with Gasteiger partial charge in [0.05, 0.1) is 12.0 Å². The van der Waals surface area contributed by atoms with Crippen molar-refractivity contribution in [3.05, 3.63) is 85.1 Å². The molecule has 3 rings (SSSR count). The average molecular weight is 563 g/mol. The van der Waals surface area contributed by atoms with Crippen LogP contribution in [0.4, 0.5) is 0 Å². The van der Waals surface area contributed by atoms with Crippen molar-refractivity contribution in [2.45, 2.75) is 33.4 Å². The van der Waals surface area contributed by atoms with Crippen molar-refractivity contribution in [1.29, 1.82) is 0 Å². The molecular weight excluding hydrogens is 538 g/mol. The van der Waals surface area contributed by atoms with Crippen molar-refractivity contribution < 1.29 is 4.79 Å². The molecule has 162 valence electrons. The van der Waals surface area contributed by atoms with Crippen LogP contribution in [0.5, 0.6) is 0 Å². The zero-order chi connectivity index (χ0) is 22.5. The highest BCUT2D eigenvalue weighted by atomic mass is 79.9. The summed E-state index contributed by atoms with van der Waals surface area (Å²) >= 11 is 8.73. The number of amides is 1. The van der Waals surface area contributed by atoms with Crippen LogP contribution in [0.25, 0.3) is 5.69 Å². The molecule has 4 nitrogen and oxygen atoms in total. The fourth-order valence-electron chi connectivity index (χ4n) is 3.39. The van der Waals surface area contributed by atoms with E-state index in [4.69, 9.17) is 0 Å². The Bertz CT molecular complexity index is 1140. The van der Waals surface area contributed by atoms with Gasteiger partial charge in [0.25, 0.3) is 0 Å². The van der Waals surface area contributed by atoms with Crippen molar-refractivity contribution in [2.75, 3.05) is 5.75 Å². The van der Waals surface area contributed by atoms with Gasteiger partial charge in [0.1, 0.15) is 0 Å². The Morgan fingerprint density at radius 2 is 1.87 bits per heavy atom. The zero-order valence-electron chi connectivity index (χ0n) is 18.0. The third-order valence-corrected chi connectivity index (χ3v) is 7.49. The van der Waals surface area contributed by atoms with Crippen molar-refractivity contribution in [3.63, 3.8) is 0 Å². The number of halogens is 2. The van der Waals surface area contributed by atoms with Crippen LogP contribution in [0.1, 0.15) is 33.6 Å². The van der Waals surface area contributed by atoms with Crippen LogP contribution >= 0.6 is 43.6 Å². The number of thioether (sulfide) groups is 1. The summed E-state index contributed by atoms with van der Waals surface area (Å²) < 4.78 is 4.25. The Balaban J connectivity index is 1.66. The summed E-state index contributed by atoms with van der Waals surface area (Å²) in [5.74, 6) is 1.02. The van der Waals surface area contributed by atoms with Crippen LogP contribution in [0.3, 0.4) is 0 Å². The number of aromatic nitrogens is 1. The third-order valence-electron chi connectivity index (χ3n) is 4.99. The molecule has 0 saturated heterocycles. The molecule has 3 aromatic rings. The first-order valence-electron chi connectivity index (χ1n) is 9.87. The van der Waals surface area contributed by atoms with Crippen LogP contribution < -0.4 is 5.43 Å². The van der Waals surface area contributed by atoms with E-state index in [1.807, 2.05) is 12.1 Å². The standard InChI is InChI=1S/C24H25Br2N3OS/c1-15-8-9-16(2)22(10-15)29-17(3)21(24(26)18(29)4)12-27-28-23(30)14-31-13-19-6-5-7-20(25)11-19/h5-12H,13-14H2,1-4H3,(H,28,30)/b27-12-. The molecule has 1 heterocycles. The summed E-state index contributed by atoms with van der Waals surface area (Å²) in [6.45, 7) is 8.35. The lowest BCUT2D eigenvalue weighted by molar-refractivity contribution is -0.118. The Labute approximate surface area is 204 Å². The summed E-state index contributed by atoms with van der Waals surface area (Å²) in [7, 11) is 0. The van der Waals surface area contributed by atoms with Gasteiger partial charge in [-0.2, -0.15) is 5.10 Å². The van der Waals surface area contributed by atoms with Crippen molar-refractivity contribution in [2.24, 2.45) is 5.10 Å². The van der Waals surface area contributed by atoms with Crippen LogP contribution in [0.15, 0.2) is 56.5 Å². The number of carbonyl (C=O) groups excluding carboxylic acids is 1. The summed E-state index contributed by atoms with van der Waals surface area (Å²) in [6.07, 6.45) is 1.71. The van der Waals surface area contributed by atoms with E-state index in [9.17, 15) is 4.79 Å². The van der Waals surface area contributed by atoms with Gasteiger partial charge in [-0.25, -0.2) is 5.43 Å². The number of benzene rings is 2. The van der Waals surface area contributed by atoms with Crippen LogP contribution in [0, 0.1) is 27.7 Å². The first-order chi connectivity index (χ1) is 14.8. The maximum absolute atomic E-state index is 12.2. The van der Waals surface area contributed by atoms with Crippen molar-refractivity contribution in [3.8, 4) is 5.69 Å². The largest absolute Gasteiger partial charge is 0.316 e. The lowest BCUT2D eigenvalue weighted by atomic mass is 10.1. The smallest absolute Gasteiger partial charge is 0.250 e. The van der Waals surface area contributed by atoms with Gasteiger partial charge < -0.3 is 4.57 Å². The summed E-state index contributed by atoms with van der Waals surface area (Å²) in [5.41, 5.74) is 10.5. The van der Waals surface area contributed by atoms with Gasteiger partial charge in [-0.1, -0.05) is 40.2 Å². The monoisotopic (exact) mass is 561 g/mol. The predicted octanol–water partition coefficient (Wildman–Crippen LogP) is 6.62. The Hall–Kier alpha value is -1.83. The molecule has 0 fully saturated rings. The number of nitrogens with one attached hydrogen (secondary N) is 1. The van der Waals surface area contributed by atoms with E-state index in [0.717, 1.165) is 37.3 Å². The molecule has 0 radical (unpaired) electrons. The molecule has 2 aromatic carbocycles. The highest BCUT2D eigenvalue weighted by Gasteiger charge is 2.17. The molecular formula is C24H25Br2N3OS. The molecule has 0 spiro atoms. The highest BCUT2D eigenvalue weighted by molar-refractivity contribution is 9.10. The molecule has 1 aromatic heterocycles. The van der Waals surface area contributed by atoms with E-state index in [0.29, 0.717) is 5.75 Å². The minimum absolute atomic E-state index is 0.115. The van der Waals surface area contributed by atoms with E-state index >= 15 is 0 Å². The first kappa shape index (κ1) is 23.8. The topological polar surface area (TPSA) is 46.4 Å². The van der Waals surface area contributed by atoms with E-state index in [1.165, 1.54) is 16.7 Å². The second kappa shape index (κ2) is 10.7. The lowest BCUT2D eigenvalue weighted by Gasteiger charge is -2.13. The first-order valence-corrected chi connectivity index (χ1v) is 12.6. The molecule has 0 aliphatic rings. The van der Waals surface area contributed by atoms with E-state index in [1.54, 1.807) is 18.0 Å². The van der Waals surface area contributed by atoms with Crippen LogP contribution in [-0.4, -0.2) is 22.4 Å². The number of nitrogens with zero attached hydrogens (tertiary/aromatic N) is 2. The van der Waals surface area contributed by atoms with E-state index < -0.39 is 0 Å². The second-order valence-corrected chi connectivity index (χ2v) is 10.1. The molecule has 7 heteroatoms. The molecule has 31 heavy (non-hydrogen) atoms. The van der Waals surface area contributed by atoms with Crippen LogP contribution in [-0.2, 0) is 10.5 Å². The van der Waals surface area contributed by atoms with E-state index in [2.05, 4.69) is 105 Å². The number of hydrazone groups is 1. The lowest BCUT2D eigenvalue weighted by Crippen LogP contribution is -2.19. The Kier molecular flexibility index (Phi) is 8.19. The molecule has 0 bridgehead atoms. The maximum Gasteiger partial charge on any atom is 0.250 e. The fourth-order valence-corrected chi connectivity index (χ4v) is 5.17. The molecule has 0 atom stereocenters. The zero-order valence-corrected chi connectivity index (χ0v) is 22.0. The number of rotatable bonds is 7. The molecule has 1 amide bonds. The molecule has 0 saturated carbocycles. The SMILES string of the molecule is Cc1ccc(C)c(-n2c(C)c(Br)c(/C=N\NC(=O)CSCc3cccc(Br)c3)c2C)c1. The van der Waals surface area contributed by atoms with Gasteiger partial charge in [0.15, 0.2) is 0 Å². The predicted molar refractivity (Wildman–Crippen MR) is 138 cm³/mol. The molecule has 0 aliphatic carbocycles. The Morgan fingerprint density at radius 1 is 1.10 bits per heavy atom. The van der Waals surface area contributed by atoms with Gasteiger partial charge in [-0.15, -0.1) is 11.8 Å². The Morgan fingerprint density at radius 3 is 2.61 bits per heavy atom. The molecule has 0 aliphatic heterocycles. The highest BCUT2D eigenvalue weighted by Crippen LogP contribution is 2.31. The average Bonchev–Trinajstić information content (AvgIpc) is 2.93. The minimum Gasteiger partial charge on any atom is -0.316 e. The number of aryl methyl sites for hydroxylation is 2.